The van der Waals surface area contributed by atoms with Crippen molar-refractivity contribution in [2.24, 2.45) is 5.41 Å². The Kier molecular flexibility index (Phi) is 4.83. The van der Waals surface area contributed by atoms with Crippen molar-refractivity contribution < 1.29 is 9.31 Å². The van der Waals surface area contributed by atoms with Gasteiger partial charge in [0.25, 0.3) is 5.69 Å². The van der Waals surface area contributed by atoms with E-state index in [0.717, 1.165) is 12.6 Å². The van der Waals surface area contributed by atoms with Crippen LogP contribution in [0.1, 0.15) is 13.8 Å². The van der Waals surface area contributed by atoms with E-state index in [1.54, 1.807) is 0 Å². The molecule has 0 aliphatic carbocycles. The number of anilines is 1. The van der Waals surface area contributed by atoms with Crippen LogP contribution in [0.15, 0.2) is 18.2 Å². The Morgan fingerprint density at radius 1 is 1.37 bits per heavy atom. The van der Waals surface area contributed by atoms with Gasteiger partial charge in [-0.05, 0) is 25.6 Å². The minimum absolute atomic E-state index is 0.0232. The molecule has 0 aliphatic rings. The van der Waals surface area contributed by atoms with E-state index in [9.17, 15) is 14.5 Å². The quantitative estimate of drug-likeness (QED) is 0.637. The van der Waals surface area contributed by atoms with Crippen LogP contribution in [0.3, 0.4) is 0 Å². The smallest absolute Gasteiger partial charge is 0.274 e. The monoisotopic (exact) mass is 269 g/mol. The Hall–Kier alpha value is -1.69. The summed E-state index contributed by atoms with van der Waals surface area (Å²) in [6.07, 6.45) is 0. The maximum absolute atomic E-state index is 13.3. The van der Waals surface area contributed by atoms with Gasteiger partial charge in [-0.1, -0.05) is 13.8 Å². The molecule has 6 heteroatoms. The molecule has 106 valence electrons. The summed E-state index contributed by atoms with van der Waals surface area (Å²) in [7, 11) is 3.96. The van der Waals surface area contributed by atoms with Crippen LogP contribution in [-0.2, 0) is 0 Å². The number of nitrogens with one attached hydrogen (secondary N) is 1. The number of halogens is 1. The Balaban J connectivity index is 2.75. The van der Waals surface area contributed by atoms with Crippen molar-refractivity contribution in [2.75, 3.05) is 32.5 Å². The molecular formula is C13H20FN3O2. The molecule has 1 N–H and O–H groups in total. The van der Waals surface area contributed by atoms with E-state index in [1.807, 2.05) is 14.1 Å². The predicted molar refractivity (Wildman–Crippen MR) is 73.9 cm³/mol. The molecule has 1 rings (SSSR count). The number of hydrogen-bond donors (Lipinski definition) is 1. The van der Waals surface area contributed by atoms with Crippen LogP contribution in [0, 0.1) is 21.3 Å². The number of nitro groups is 1. The Labute approximate surface area is 112 Å². The van der Waals surface area contributed by atoms with Gasteiger partial charge in [0, 0.05) is 24.8 Å². The molecule has 0 bridgehead atoms. The third kappa shape index (κ3) is 5.21. The standard InChI is InChI=1S/C13H20FN3O2/c1-13(2,9-16(3)4)8-15-11-5-10(14)6-12(7-11)17(18)19/h5-7,15H,8-9H2,1-4H3. The number of hydrogen-bond acceptors (Lipinski definition) is 4. The van der Waals surface area contributed by atoms with E-state index in [1.165, 1.54) is 12.1 Å². The molecule has 0 radical (unpaired) electrons. The zero-order chi connectivity index (χ0) is 14.6. The first-order valence-electron chi connectivity index (χ1n) is 6.03. The SMILES string of the molecule is CN(C)CC(C)(C)CNc1cc(F)cc([N+](=O)[O-])c1. The van der Waals surface area contributed by atoms with Crippen molar-refractivity contribution in [3.05, 3.63) is 34.1 Å². The minimum atomic E-state index is -0.609. The zero-order valence-corrected chi connectivity index (χ0v) is 11.7. The lowest BCUT2D eigenvalue weighted by Crippen LogP contribution is -2.34. The van der Waals surface area contributed by atoms with Crippen molar-refractivity contribution >= 4 is 11.4 Å². The van der Waals surface area contributed by atoms with Crippen LogP contribution >= 0.6 is 0 Å². The summed E-state index contributed by atoms with van der Waals surface area (Å²) < 4.78 is 13.3. The first kappa shape index (κ1) is 15.4. The highest BCUT2D eigenvalue weighted by molar-refractivity contribution is 5.51. The topological polar surface area (TPSA) is 58.4 Å². The first-order valence-corrected chi connectivity index (χ1v) is 6.03. The lowest BCUT2D eigenvalue weighted by Gasteiger charge is -2.28. The van der Waals surface area contributed by atoms with Crippen LogP contribution in [0.2, 0.25) is 0 Å². The molecule has 0 amide bonds. The van der Waals surface area contributed by atoms with Gasteiger partial charge >= 0.3 is 0 Å². The molecule has 5 nitrogen and oxygen atoms in total. The molecule has 19 heavy (non-hydrogen) atoms. The van der Waals surface area contributed by atoms with Crippen LogP contribution < -0.4 is 5.32 Å². The second-order valence-corrected chi connectivity index (χ2v) is 5.71. The first-order chi connectivity index (χ1) is 8.69. The normalized spacial score (nSPS) is 11.7. The number of nitro benzene ring substituents is 1. The lowest BCUT2D eigenvalue weighted by atomic mass is 9.93. The van der Waals surface area contributed by atoms with E-state index in [-0.39, 0.29) is 11.1 Å². The Morgan fingerprint density at radius 3 is 2.53 bits per heavy atom. The highest BCUT2D eigenvalue weighted by Crippen LogP contribution is 2.22. The summed E-state index contributed by atoms with van der Waals surface area (Å²) in [5.74, 6) is -0.609. The predicted octanol–water partition coefficient (Wildman–Crippen LogP) is 2.73. The summed E-state index contributed by atoms with van der Waals surface area (Å²) in [5.41, 5.74) is 0.163. The number of nitrogens with zero attached hydrogens (tertiary/aromatic N) is 2. The van der Waals surface area contributed by atoms with Crippen molar-refractivity contribution in [1.82, 2.24) is 4.90 Å². The second kappa shape index (κ2) is 5.97. The fourth-order valence-electron chi connectivity index (χ4n) is 2.03. The average molecular weight is 269 g/mol. The number of non-ortho nitro benzene ring substituents is 1. The molecule has 1 aromatic rings. The molecular weight excluding hydrogens is 249 g/mol. The maximum Gasteiger partial charge on any atom is 0.274 e. The molecule has 0 aromatic heterocycles. The highest BCUT2D eigenvalue weighted by atomic mass is 19.1. The number of benzene rings is 1. The fourth-order valence-corrected chi connectivity index (χ4v) is 2.03. The van der Waals surface area contributed by atoms with E-state index in [4.69, 9.17) is 0 Å². The summed E-state index contributed by atoms with van der Waals surface area (Å²) in [6, 6.07) is 3.52. The van der Waals surface area contributed by atoms with Crippen LogP contribution in [0.4, 0.5) is 15.8 Å². The maximum atomic E-state index is 13.3. The molecule has 0 unspecified atom stereocenters. The summed E-state index contributed by atoms with van der Waals surface area (Å²) >= 11 is 0. The fraction of sp³-hybridized carbons (Fsp3) is 0.538. The second-order valence-electron chi connectivity index (χ2n) is 5.71. The van der Waals surface area contributed by atoms with Crippen LogP contribution in [0.5, 0.6) is 0 Å². The molecule has 0 saturated carbocycles. The van der Waals surface area contributed by atoms with Gasteiger partial charge in [0.15, 0.2) is 0 Å². The molecule has 0 saturated heterocycles. The van der Waals surface area contributed by atoms with E-state index in [0.29, 0.717) is 12.2 Å². The Morgan fingerprint density at radius 2 is 2.00 bits per heavy atom. The average Bonchev–Trinajstić information content (AvgIpc) is 2.24. The molecule has 0 heterocycles. The van der Waals surface area contributed by atoms with Gasteiger partial charge in [-0.25, -0.2) is 4.39 Å². The summed E-state index contributed by atoms with van der Waals surface area (Å²) in [4.78, 5) is 12.1. The van der Waals surface area contributed by atoms with Crippen LogP contribution in [0.25, 0.3) is 0 Å². The van der Waals surface area contributed by atoms with Crippen molar-refractivity contribution in [3.63, 3.8) is 0 Å². The van der Waals surface area contributed by atoms with Gasteiger partial charge in [-0.3, -0.25) is 10.1 Å². The lowest BCUT2D eigenvalue weighted by molar-refractivity contribution is -0.385. The Bertz CT molecular complexity index is 461. The van der Waals surface area contributed by atoms with Gasteiger partial charge in [-0.15, -0.1) is 0 Å². The largest absolute Gasteiger partial charge is 0.384 e. The van der Waals surface area contributed by atoms with E-state index >= 15 is 0 Å². The van der Waals surface area contributed by atoms with Gasteiger partial charge in [0.1, 0.15) is 5.82 Å². The minimum Gasteiger partial charge on any atom is -0.384 e. The van der Waals surface area contributed by atoms with Crippen molar-refractivity contribution in [2.45, 2.75) is 13.8 Å². The third-order valence-electron chi connectivity index (χ3n) is 2.61. The zero-order valence-electron chi connectivity index (χ0n) is 11.7. The van der Waals surface area contributed by atoms with Gasteiger partial charge in [0.05, 0.1) is 11.0 Å². The molecule has 0 aliphatic heterocycles. The van der Waals surface area contributed by atoms with E-state index < -0.39 is 10.7 Å². The summed E-state index contributed by atoms with van der Waals surface area (Å²) in [6.45, 7) is 5.62. The molecule has 0 spiro atoms. The molecule has 0 fully saturated rings. The highest BCUT2D eigenvalue weighted by Gasteiger charge is 2.19. The van der Waals surface area contributed by atoms with E-state index in [2.05, 4.69) is 24.1 Å². The van der Waals surface area contributed by atoms with Crippen molar-refractivity contribution in [1.29, 1.82) is 0 Å². The van der Waals surface area contributed by atoms with Gasteiger partial charge < -0.3 is 10.2 Å². The van der Waals surface area contributed by atoms with Gasteiger partial charge in [0.2, 0.25) is 0 Å². The third-order valence-corrected chi connectivity index (χ3v) is 2.61. The molecule has 1 aromatic carbocycles. The van der Waals surface area contributed by atoms with Crippen molar-refractivity contribution in [3.8, 4) is 0 Å². The molecule has 0 atom stereocenters. The van der Waals surface area contributed by atoms with Gasteiger partial charge in [-0.2, -0.15) is 0 Å². The summed E-state index contributed by atoms with van der Waals surface area (Å²) in [5, 5.41) is 13.7. The number of rotatable bonds is 6. The van der Waals surface area contributed by atoms with Crippen LogP contribution in [-0.4, -0.2) is 37.0 Å².